The molecule has 0 radical (unpaired) electrons. The fourth-order valence-corrected chi connectivity index (χ4v) is 5.22. The van der Waals surface area contributed by atoms with Gasteiger partial charge in [0.1, 0.15) is 11.0 Å². The molecule has 0 spiro atoms. The van der Waals surface area contributed by atoms with Gasteiger partial charge in [-0.2, -0.15) is 0 Å². The average Bonchev–Trinajstić information content (AvgIpc) is 3.66. The Kier molecular flexibility index (Phi) is 4.75. The average molecular weight is 488 g/mol. The van der Waals surface area contributed by atoms with Crippen molar-refractivity contribution in [1.82, 2.24) is 30.0 Å². The Balaban J connectivity index is 1.49. The summed E-state index contributed by atoms with van der Waals surface area (Å²) < 4.78 is 8.80. The van der Waals surface area contributed by atoms with E-state index in [0.717, 1.165) is 38.9 Å². The van der Waals surface area contributed by atoms with Crippen LogP contribution in [0.15, 0.2) is 97.1 Å². The van der Waals surface area contributed by atoms with Gasteiger partial charge in [0.25, 0.3) is 0 Å². The number of hydrogen-bond acceptors (Lipinski definition) is 7. The molecule has 0 aliphatic carbocycles. The minimum atomic E-state index is -0.381. The van der Waals surface area contributed by atoms with Crippen molar-refractivity contribution in [3.8, 4) is 0 Å². The van der Waals surface area contributed by atoms with E-state index in [2.05, 4.69) is 37.7 Å². The first-order valence-electron chi connectivity index (χ1n) is 11.9. The van der Waals surface area contributed by atoms with Crippen LogP contribution in [0.1, 0.15) is 33.8 Å². The number of anilines is 1. The van der Waals surface area contributed by atoms with Crippen molar-refractivity contribution in [3.05, 3.63) is 114 Å². The molecule has 0 amide bonds. The highest BCUT2D eigenvalue weighted by Gasteiger charge is 2.43. The monoisotopic (exact) mass is 487 g/mol. The van der Waals surface area contributed by atoms with Crippen LogP contribution in [0.25, 0.3) is 22.1 Å². The summed E-state index contributed by atoms with van der Waals surface area (Å²) in [4.78, 5) is 14.4. The largest absolute Gasteiger partial charge is 0.465 e. The second-order valence-electron chi connectivity index (χ2n) is 8.87. The Labute approximate surface area is 211 Å². The van der Waals surface area contributed by atoms with Crippen LogP contribution in [0.4, 0.5) is 5.69 Å². The standard InChI is InChI=1S/C28H21N7O2/c1-37-28(36)18-14-16-19(17-15-18)33-26(34-24-12-6-4-10-22(24)29-31-34)20-8-2-3-9-21(20)27(33)35-25-13-7-5-11-23(25)30-32-35/h2-17,26-27H,1H3. The quantitative estimate of drug-likeness (QED) is 0.336. The SMILES string of the molecule is COC(=O)c1ccc(N2C(n3nnc4ccccc43)c3ccccc3C2n2nnc3ccccc32)cc1. The minimum absolute atomic E-state index is 0.319. The van der Waals surface area contributed by atoms with Gasteiger partial charge < -0.3 is 9.64 Å². The highest BCUT2D eigenvalue weighted by atomic mass is 16.5. The van der Waals surface area contributed by atoms with Gasteiger partial charge in [0.2, 0.25) is 0 Å². The lowest BCUT2D eigenvalue weighted by Gasteiger charge is -2.33. The van der Waals surface area contributed by atoms with E-state index in [1.165, 1.54) is 7.11 Å². The highest BCUT2D eigenvalue weighted by molar-refractivity contribution is 5.89. The lowest BCUT2D eigenvalue weighted by Crippen LogP contribution is -2.35. The van der Waals surface area contributed by atoms with E-state index in [4.69, 9.17) is 4.74 Å². The van der Waals surface area contributed by atoms with E-state index in [1.807, 2.05) is 82.2 Å². The summed E-state index contributed by atoms with van der Waals surface area (Å²) in [5.74, 6) is -0.381. The first-order valence-corrected chi connectivity index (χ1v) is 11.9. The Morgan fingerprint density at radius 3 is 1.68 bits per heavy atom. The molecule has 0 saturated carbocycles. The van der Waals surface area contributed by atoms with Crippen LogP contribution in [0.3, 0.4) is 0 Å². The number of hydrogen-bond donors (Lipinski definition) is 0. The van der Waals surface area contributed by atoms with E-state index in [-0.39, 0.29) is 18.3 Å². The molecule has 1 aliphatic heterocycles. The number of carbonyl (C=O) groups excluding carboxylic acids is 1. The van der Waals surface area contributed by atoms with Gasteiger partial charge in [-0.05, 0) is 48.5 Å². The highest BCUT2D eigenvalue weighted by Crippen LogP contribution is 2.47. The summed E-state index contributed by atoms with van der Waals surface area (Å²) in [6.45, 7) is 0. The maximum Gasteiger partial charge on any atom is 0.337 e. The number of methoxy groups -OCH3 is 1. The van der Waals surface area contributed by atoms with Crippen molar-refractivity contribution in [1.29, 1.82) is 0 Å². The molecule has 9 heteroatoms. The Bertz CT molecular complexity index is 1670. The van der Waals surface area contributed by atoms with Gasteiger partial charge in [-0.1, -0.05) is 59.0 Å². The van der Waals surface area contributed by atoms with Gasteiger partial charge in [-0.3, -0.25) is 0 Å². The molecule has 0 saturated heterocycles. The fourth-order valence-electron chi connectivity index (χ4n) is 5.22. The first kappa shape index (κ1) is 21.3. The number of esters is 1. The van der Waals surface area contributed by atoms with Crippen LogP contribution in [0.5, 0.6) is 0 Å². The lowest BCUT2D eigenvalue weighted by molar-refractivity contribution is 0.0600. The number of para-hydroxylation sites is 2. The van der Waals surface area contributed by atoms with Crippen LogP contribution in [-0.2, 0) is 4.74 Å². The third-order valence-corrected chi connectivity index (χ3v) is 6.88. The predicted molar refractivity (Wildman–Crippen MR) is 138 cm³/mol. The number of fused-ring (bicyclic) bond motifs is 3. The zero-order chi connectivity index (χ0) is 24.9. The molecular weight excluding hydrogens is 466 g/mol. The predicted octanol–water partition coefficient (Wildman–Crippen LogP) is 4.58. The van der Waals surface area contributed by atoms with Gasteiger partial charge >= 0.3 is 5.97 Å². The molecule has 2 aromatic heterocycles. The molecule has 4 aromatic carbocycles. The molecule has 3 heterocycles. The van der Waals surface area contributed by atoms with Crippen molar-refractivity contribution in [2.24, 2.45) is 0 Å². The van der Waals surface area contributed by atoms with Gasteiger partial charge in [-0.15, -0.1) is 10.2 Å². The van der Waals surface area contributed by atoms with Crippen LogP contribution < -0.4 is 4.90 Å². The van der Waals surface area contributed by atoms with Crippen LogP contribution >= 0.6 is 0 Å². The topological polar surface area (TPSA) is 91.0 Å². The summed E-state index contributed by atoms with van der Waals surface area (Å²) in [5, 5.41) is 18.1. The first-order chi connectivity index (χ1) is 18.2. The molecule has 9 nitrogen and oxygen atoms in total. The smallest absolute Gasteiger partial charge is 0.337 e. The zero-order valence-corrected chi connectivity index (χ0v) is 19.8. The van der Waals surface area contributed by atoms with Crippen molar-refractivity contribution in [2.75, 3.05) is 12.0 Å². The molecule has 7 rings (SSSR count). The van der Waals surface area contributed by atoms with Gasteiger partial charge in [0.15, 0.2) is 12.3 Å². The van der Waals surface area contributed by atoms with Gasteiger partial charge in [0, 0.05) is 16.8 Å². The number of aromatic nitrogens is 6. The number of ether oxygens (including phenoxy) is 1. The summed E-state index contributed by atoms with van der Waals surface area (Å²) in [7, 11) is 1.38. The molecule has 180 valence electrons. The Morgan fingerprint density at radius 2 is 1.16 bits per heavy atom. The van der Waals surface area contributed by atoms with Gasteiger partial charge in [0.05, 0.1) is 23.7 Å². The molecule has 37 heavy (non-hydrogen) atoms. The molecule has 0 N–H and O–H groups in total. The lowest BCUT2D eigenvalue weighted by atomic mass is 10.1. The summed E-state index contributed by atoms with van der Waals surface area (Å²) in [5.41, 5.74) is 7.00. The number of carbonyl (C=O) groups is 1. The summed E-state index contributed by atoms with van der Waals surface area (Å²) >= 11 is 0. The second kappa shape index (κ2) is 8.27. The third kappa shape index (κ3) is 3.21. The van der Waals surface area contributed by atoms with E-state index in [1.54, 1.807) is 12.1 Å². The number of benzene rings is 4. The van der Waals surface area contributed by atoms with E-state index < -0.39 is 0 Å². The molecule has 0 bridgehead atoms. The molecular formula is C28H21N7O2. The molecule has 1 aliphatic rings. The maximum atomic E-state index is 12.1. The van der Waals surface area contributed by atoms with Gasteiger partial charge in [-0.25, -0.2) is 14.2 Å². The third-order valence-electron chi connectivity index (χ3n) is 6.88. The Hall–Kier alpha value is -5.05. The second-order valence-corrected chi connectivity index (χ2v) is 8.87. The van der Waals surface area contributed by atoms with Crippen molar-refractivity contribution in [3.63, 3.8) is 0 Å². The van der Waals surface area contributed by atoms with Crippen LogP contribution in [0, 0.1) is 0 Å². The summed E-state index contributed by atoms with van der Waals surface area (Å²) in [6.07, 6.45) is -0.638. The summed E-state index contributed by atoms with van der Waals surface area (Å²) in [6, 6.07) is 31.5. The van der Waals surface area contributed by atoms with Crippen molar-refractivity contribution in [2.45, 2.75) is 12.3 Å². The fraction of sp³-hybridized carbons (Fsp3) is 0.107. The zero-order valence-electron chi connectivity index (χ0n) is 19.8. The molecule has 6 aromatic rings. The normalized spacial score (nSPS) is 16.8. The van der Waals surface area contributed by atoms with Crippen molar-refractivity contribution < 1.29 is 9.53 Å². The number of nitrogens with zero attached hydrogens (tertiary/aromatic N) is 7. The van der Waals surface area contributed by atoms with E-state index in [0.29, 0.717) is 5.56 Å². The van der Waals surface area contributed by atoms with Crippen LogP contribution in [-0.4, -0.2) is 43.1 Å². The van der Waals surface area contributed by atoms with Crippen molar-refractivity contribution >= 4 is 33.7 Å². The van der Waals surface area contributed by atoms with Crippen LogP contribution in [0.2, 0.25) is 0 Å². The number of rotatable bonds is 4. The maximum absolute atomic E-state index is 12.1. The minimum Gasteiger partial charge on any atom is -0.465 e. The molecule has 2 unspecified atom stereocenters. The van der Waals surface area contributed by atoms with E-state index in [9.17, 15) is 4.79 Å². The Morgan fingerprint density at radius 1 is 0.676 bits per heavy atom. The molecule has 2 atom stereocenters. The van der Waals surface area contributed by atoms with E-state index >= 15 is 0 Å². The molecule has 0 fully saturated rings.